The molecule has 23 heavy (non-hydrogen) atoms. The van der Waals surface area contributed by atoms with Crippen LogP contribution < -0.4 is 4.74 Å². The quantitative estimate of drug-likeness (QED) is 0.856. The highest BCUT2D eigenvalue weighted by atomic mass is 16.5. The number of carbonyl (C=O) groups excluding carboxylic acids is 1. The molecule has 1 aromatic heterocycles. The van der Waals surface area contributed by atoms with E-state index in [9.17, 15) is 4.79 Å². The molecule has 0 radical (unpaired) electrons. The number of rotatable bonds is 4. The van der Waals surface area contributed by atoms with Gasteiger partial charge >= 0.3 is 6.01 Å². The van der Waals surface area contributed by atoms with Crippen LogP contribution in [0.1, 0.15) is 45.0 Å². The fraction of sp³-hybridized carbons (Fsp3) is 0.500. The molecule has 0 aliphatic carbocycles. The van der Waals surface area contributed by atoms with Crippen molar-refractivity contribution in [2.75, 3.05) is 6.61 Å². The van der Waals surface area contributed by atoms with Gasteiger partial charge in [0.15, 0.2) is 5.82 Å². The van der Waals surface area contributed by atoms with Crippen molar-refractivity contribution < 1.29 is 9.53 Å². The molecule has 5 heteroatoms. The zero-order valence-corrected chi connectivity index (χ0v) is 14.8. The smallest absolute Gasteiger partial charge is 0.336 e. The lowest BCUT2D eigenvalue weighted by Gasteiger charge is -2.16. The van der Waals surface area contributed by atoms with E-state index >= 15 is 0 Å². The zero-order chi connectivity index (χ0) is 17.2. The van der Waals surface area contributed by atoms with Crippen molar-refractivity contribution in [2.24, 2.45) is 11.3 Å². The third kappa shape index (κ3) is 4.18. The van der Waals surface area contributed by atoms with E-state index in [1.165, 1.54) is 4.68 Å². The predicted octanol–water partition coefficient (Wildman–Crippen LogP) is 3.97. The van der Waals surface area contributed by atoms with Crippen LogP contribution in [0, 0.1) is 18.3 Å². The van der Waals surface area contributed by atoms with Gasteiger partial charge in [-0.3, -0.25) is 4.79 Å². The largest absolute Gasteiger partial charge is 0.462 e. The summed E-state index contributed by atoms with van der Waals surface area (Å²) in [5, 5.41) is 4.28. The molecular weight excluding hydrogens is 290 g/mol. The first-order valence-electron chi connectivity index (χ1n) is 7.90. The van der Waals surface area contributed by atoms with Gasteiger partial charge in [-0.15, -0.1) is 5.10 Å². The summed E-state index contributed by atoms with van der Waals surface area (Å²) in [6.07, 6.45) is 0. The Morgan fingerprint density at radius 3 is 2.35 bits per heavy atom. The highest BCUT2D eigenvalue weighted by Gasteiger charge is 2.28. The molecule has 0 fully saturated rings. The lowest BCUT2D eigenvalue weighted by molar-refractivity contribution is 0.0748. The van der Waals surface area contributed by atoms with E-state index in [4.69, 9.17) is 4.74 Å². The minimum Gasteiger partial charge on any atom is -0.462 e. The molecule has 0 spiro atoms. The first-order chi connectivity index (χ1) is 10.7. The second-order valence-electron chi connectivity index (χ2n) is 7.26. The Morgan fingerprint density at radius 1 is 1.22 bits per heavy atom. The maximum absolute atomic E-state index is 12.7. The van der Waals surface area contributed by atoms with Crippen molar-refractivity contribution in [1.82, 2.24) is 14.8 Å². The highest BCUT2D eigenvalue weighted by molar-refractivity contribution is 5.86. The summed E-state index contributed by atoms with van der Waals surface area (Å²) < 4.78 is 6.96. The van der Waals surface area contributed by atoms with E-state index in [0.29, 0.717) is 18.3 Å². The van der Waals surface area contributed by atoms with E-state index in [0.717, 1.165) is 11.1 Å². The van der Waals surface area contributed by atoms with Crippen LogP contribution in [0.2, 0.25) is 0 Å². The number of ether oxygens (including phenoxy) is 1. The minimum absolute atomic E-state index is 0.111. The minimum atomic E-state index is -0.553. The van der Waals surface area contributed by atoms with Crippen LogP contribution in [-0.2, 0) is 0 Å². The van der Waals surface area contributed by atoms with Crippen LogP contribution >= 0.6 is 0 Å². The standard InChI is InChI=1S/C18H25N3O2/c1-12(2)11-23-17-19-15(14-9-7-13(3)8-10-14)21(20-17)16(22)18(4,5)6/h7-10,12H,11H2,1-6H3. The van der Waals surface area contributed by atoms with E-state index in [-0.39, 0.29) is 11.9 Å². The maximum atomic E-state index is 12.7. The van der Waals surface area contributed by atoms with Gasteiger partial charge in [-0.2, -0.15) is 9.67 Å². The van der Waals surface area contributed by atoms with Gasteiger partial charge in [0, 0.05) is 11.0 Å². The van der Waals surface area contributed by atoms with Crippen molar-refractivity contribution in [3.05, 3.63) is 29.8 Å². The molecular formula is C18H25N3O2. The Morgan fingerprint density at radius 2 is 1.83 bits per heavy atom. The molecule has 1 heterocycles. The number of hydrogen-bond donors (Lipinski definition) is 0. The normalized spacial score (nSPS) is 11.8. The monoisotopic (exact) mass is 315 g/mol. The van der Waals surface area contributed by atoms with E-state index in [1.807, 2.05) is 52.0 Å². The van der Waals surface area contributed by atoms with Crippen molar-refractivity contribution in [3.8, 4) is 17.4 Å². The molecule has 0 bridgehead atoms. The Labute approximate surface area is 137 Å². The molecule has 2 aromatic rings. The fourth-order valence-corrected chi connectivity index (χ4v) is 1.94. The van der Waals surface area contributed by atoms with Crippen molar-refractivity contribution in [2.45, 2.75) is 41.5 Å². The van der Waals surface area contributed by atoms with Crippen LogP contribution in [-0.4, -0.2) is 27.3 Å². The maximum Gasteiger partial charge on any atom is 0.336 e. The molecule has 0 N–H and O–H groups in total. The lowest BCUT2D eigenvalue weighted by atomic mass is 9.95. The predicted molar refractivity (Wildman–Crippen MR) is 90.6 cm³/mol. The Bertz CT molecular complexity index is 679. The first kappa shape index (κ1) is 17.2. The molecule has 5 nitrogen and oxygen atoms in total. The van der Waals surface area contributed by atoms with Crippen LogP contribution in [0.4, 0.5) is 0 Å². The molecule has 0 saturated carbocycles. The number of aromatic nitrogens is 3. The Kier molecular flexibility index (Phi) is 4.88. The van der Waals surface area contributed by atoms with E-state index in [2.05, 4.69) is 23.9 Å². The second-order valence-corrected chi connectivity index (χ2v) is 7.26. The molecule has 0 atom stereocenters. The average Bonchev–Trinajstić information content (AvgIpc) is 2.88. The van der Waals surface area contributed by atoms with Gasteiger partial charge in [-0.05, 0) is 12.8 Å². The topological polar surface area (TPSA) is 57.0 Å². The third-order valence-corrected chi connectivity index (χ3v) is 3.28. The summed E-state index contributed by atoms with van der Waals surface area (Å²) in [5.74, 6) is 0.770. The summed E-state index contributed by atoms with van der Waals surface area (Å²) >= 11 is 0. The number of carbonyl (C=O) groups is 1. The van der Waals surface area contributed by atoms with Gasteiger partial charge in [0.1, 0.15) is 0 Å². The van der Waals surface area contributed by atoms with Gasteiger partial charge < -0.3 is 4.74 Å². The molecule has 124 valence electrons. The molecule has 0 amide bonds. The van der Waals surface area contributed by atoms with Crippen molar-refractivity contribution >= 4 is 5.91 Å². The van der Waals surface area contributed by atoms with Gasteiger partial charge in [0.05, 0.1) is 6.61 Å². The van der Waals surface area contributed by atoms with Crippen molar-refractivity contribution in [3.63, 3.8) is 0 Å². The molecule has 0 aliphatic rings. The second kappa shape index (κ2) is 6.52. The van der Waals surface area contributed by atoms with Crippen LogP contribution in [0.25, 0.3) is 11.4 Å². The van der Waals surface area contributed by atoms with Gasteiger partial charge in [0.2, 0.25) is 0 Å². The highest BCUT2D eigenvalue weighted by Crippen LogP contribution is 2.25. The number of benzene rings is 1. The zero-order valence-electron chi connectivity index (χ0n) is 14.8. The fourth-order valence-electron chi connectivity index (χ4n) is 1.94. The molecule has 0 aliphatic heterocycles. The molecule has 0 saturated heterocycles. The Hall–Kier alpha value is -2.17. The van der Waals surface area contributed by atoms with Gasteiger partial charge in [-0.1, -0.05) is 64.4 Å². The summed E-state index contributed by atoms with van der Waals surface area (Å²) in [4.78, 5) is 17.1. The number of hydrogen-bond acceptors (Lipinski definition) is 4. The van der Waals surface area contributed by atoms with Gasteiger partial charge in [-0.25, -0.2) is 0 Å². The van der Waals surface area contributed by atoms with Gasteiger partial charge in [0.25, 0.3) is 5.91 Å². The van der Waals surface area contributed by atoms with Crippen LogP contribution in [0.5, 0.6) is 6.01 Å². The first-order valence-corrected chi connectivity index (χ1v) is 7.90. The SMILES string of the molecule is Cc1ccc(-c2nc(OCC(C)C)nn2C(=O)C(C)(C)C)cc1. The molecule has 0 unspecified atom stereocenters. The summed E-state index contributed by atoms with van der Waals surface area (Å²) in [5.41, 5.74) is 1.45. The van der Waals surface area contributed by atoms with E-state index < -0.39 is 5.41 Å². The summed E-state index contributed by atoms with van der Waals surface area (Å²) in [7, 11) is 0. The lowest BCUT2D eigenvalue weighted by Crippen LogP contribution is -2.28. The Balaban J connectivity index is 2.45. The number of nitrogens with zero attached hydrogens (tertiary/aromatic N) is 3. The summed E-state index contributed by atoms with van der Waals surface area (Å²) in [6.45, 7) is 12.2. The van der Waals surface area contributed by atoms with E-state index in [1.54, 1.807) is 0 Å². The molecule has 1 aromatic carbocycles. The summed E-state index contributed by atoms with van der Waals surface area (Å²) in [6, 6.07) is 8.11. The third-order valence-electron chi connectivity index (χ3n) is 3.28. The van der Waals surface area contributed by atoms with Crippen LogP contribution in [0.3, 0.4) is 0 Å². The van der Waals surface area contributed by atoms with Crippen LogP contribution in [0.15, 0.2) is 24.3 Å². The number of aryl methyl sites for hydroxylation is 1. The average molecular weight is 315 g/mol. The van der Waals surface area contributed by atoms with Crippen molar-refractivity contribution in [1.29, 1.82) is 0 Å². The molecule has 2 rings (SSSR count).